The van der Waals surface area contributed by atoms with E-state index in [-0.39, 0.29) is 11.8 Å². The van der Waals surface area contributed by atoms with E-state index in [4.69, 9.17) is 0 Å². The molecule has 1 aliphatic heterocycles. The number of piperidine rings is 1. The van der Waals surface area contributed by atoms with Crippen molar-refractivity contribution in [3.63, 3.8) is 0 Å². The second-order valence-electron chi connectivity index (χ2n) is 8.29. The van der Waals surface area contributed by atoms with Gasteiger partial charge in [-0.15, -0.1) is 0 Å². The summed E-state index contributed by atoms with van der Waals surface area (Å²) in [4.78, 5) is 15.0. The van der Waals surface area contributed by atoms with E-state index in [1.54, 1.807) is 0 Å². The van der Waals surface area contributed by atoms with Crippen molar-refractivity contribution in [1.29, 1.82) is 0 Å². The average Bonchev–Trinajstić information content (AvgIpc) is 3.42. The highest BCUT2D eigenvalue weighted by Gasteiger charge is 2.26. The van der Waals surface area contributed by atoms with Crippen molar-refractivity contribution in [3.05, 3.63) is 48.2 Å². The molecule has 0 radical (unpaired) electrons. The summed E-state index contributed by atoms with van der Waals surface area (Å²) < 4.78 is 2.05. The zero-order chi connectivity index (χ0) is 19.2. The largest absolute Gasteiger partial charge is 0.311 e. The molecule has 0 unspecified atom stereocenters. The van der Waals surface area contributed by atoms with Crippen LogP contribution in [0, 0.1) is 5.92 Å². The third-order valence-corrected chi connectivity index (χ3v) is 6.33. The standard InChI is InChI=1S/C23H32N4O/c28-23(20-10-4-5-11-20)25-22-12-15-24-27(22)21-13-17-26(18-14-21)16-6-9-19-7-2-1-3-8-19/h1-3,7-8,12,15,20-21H,4-6,9-11,13-14,16-18H2,(H,25,28). The smallest absolute Gasteiger partial charge is 0.228 e. The van der Waals surface area contributed by atoms with Crippen molar-refractivity contribution < 1.29 is 4.79 Å². The van der Waals surface area contributed by atoms with Gasteiger partial charge >= 0.3 is 0 Å². The fraction of sp³-hybridized carbons (Fsp3) is 0.565. The van der Waals surface area contributed by atoms with Gasteiger partial charge in [-0.05, 0) is 50.6 Å². The molecule has 1 aromatic heterocycles. The van der Waals surface area contributed by atoms with E-state index in [0.29, 0.717) is 6.04 Å². The SMILES string of the molecule is O=C(Nc1ccnn1C1CCN(CCCc2ccccc2)CC1)C1CCCC1. The molecule has 5 heteroatoms. The number of hydrogen-bond acceptors (Lipinski definition) is 3. The summed E-state index contributed by atoms with van der Waals surface area (Å²) in [6.07, 6.45) is 10.8. The van der Waals surface area contributed by atoms with Gasteiger partial charge in [-0.3, -0.25) is 4.79 Å². The van der Waals surface area contributed by atoms with E-state index >= 15 is 0 Å². The minimum Gasteiger partial charge on any atom is -0.311 e. The Morgan fingerprint density at radius 2 is 1.79 bits per heavy atom. The molecule has 2 aromatic rings. The molecule has 1 aromatic carbocycles. The lowest BCUT2D eigenvalue weighted by Crippen LogP contribution is -2.36. The number of anilines is 1. The summed E-state index contributed by atoms with van der Waals surface area (Å²) in [5, 5.41) is 7.67. The monoisotopic (exact) mass is 380 g/mol. The predicted molar refractivity (Wildman–Crippen MR) is 112 cm³/mol. The minimum atomic E-state index is 0.178. The summed E-state index contributed by atoms with van der Waals surface area (Å²) in [6, 6.07) is 13.1. The van der Waals surface area contributed by atoms with Gasteiger partial charge in [0.15, 0.2) is 0 Å². The maximum atomic E-state index is 12.5. The number of hydrogen-bond donors (Lipinski definition) is 1. The molecule has 4 rings (SSSR count). The maximum Gasteiger partial charge on any atom is 0.228 e. The molecule has 1 saturated heterocycles. The van der Waals surface area contributed by atoms with Gasteiger partial charge in [0.1, 0.15) is 5.82 Å². The quantitative estimate of drug-likeness (QED) is 0.780. The van der Waals surface area contributed by atoms with E-state index in [0.717, 1.165) is 57.6 Å². The summed E-state index contributed by atoms with van der Waals surface area (Å²) >= 11 is 0. The number of carbonyl (C=O) groups is 1. The molecular weight excluding hydrogens is 348 g/mol. The fourth-order valence-electron chi connectivity index (χ4n) is 4.66. The lowest BCUT2D eigenvalue weighted by Gasteiger charge is -2.32. The van der Waals surface area contributed by atoms with E-state index in [9.17, 15) is 4.79 Å². The van der Waals surface area contributed by atoms with Crippen molar-refractivity contribution in [1.82, 2.24) is 14.7 Å². The summed E-state index contributed by atoms with van der Waals surface area (Å²) in [5.41, 5.74) is 1.43. The Balaban J connectivity index is 1.24. The number of aromatic nitrogens is 2. The Labute approximate surface area is 168 Å². The molecule has 2 aliphatic rings. The van der Waals surface area contributed by atoms with Gasteiger partial charge in [0, 0.05) is 25.1 Å². The van der Waals surface area contributed by atoms with Crippen LogP contribution in [0.1, 0.15) is 56.6 Å². The second kappa shape index (κ2) is 9.37. The van der Waals surface area contributed by atoms with Gasteiger partial charge in [0.05, 0.1) is 12.2 Å². The number of likely N-dealkylation sites (tertiary alicyclic amines) is 1. The van der Waals surface area contributed by atoms with Crippen LogP contribution in [0.15, 0.2) is 42.6 Å². The van der Waals surface area contributed by atoms with Gasteiger partial charge < -0.3 is 10.2 Å². The first-order valence-electron chi connectivity index (χ1n) is 10.9. The Morgan fingerprint density at radius 1 is 1.04 bits per heavy atom. The Hall–Kier alpha value is -2.14. The highest BCUT2D eigenvalue weighted by atomic mass is 16.2. The van der Waals surface area contributed by atoms with Crippen LogP contribution in [0.3, 0.4) is 0 Å². The molecule has 28 heavy (non-hydrogen) atoms. The molecule has 1 amide bonds. The Morgan fingerprint density at radius 3 is 2.54 bits per heavy atom. The lowest BCUT2D eigenvalue weighted by molar-refractivity contribution is -0.119. The highest BCUT2D eigenvalue weighted by molar-refractivity contribution is 5.91. The molecule has 1 aliphatic carbocycles. The van der Waals surface area contributed by atoms with Crippen molar-refractivity contribution in [2.45, 2.75) is 57.4 Å². The van der Waals surface area contributed by atoms with Crippen molar-refractivity contribution >= 4 is 11.7 Å². The highest BCUT2D eigenvalue weighted by Crippen LogP contribution is 2.28. The Bertz CT molecular complexity index is 743. The van der Waals surface area contributed by atoms with E-state index in [2.05, 4.69) is 45.6 Å². The van der Waals surface area contributed by atoms with Crippen molar-refractivity contribution in [3.8, 4) is 0 Å². The zero-order valence-corrected chi connectivity index (χ0v) is 16.7. The lowest BCUT2D eigenvalue weighted by atomic mass is 10.0. The van der Waals surface area contributed by atoms with Crippen LogP contribution >= 0.6 is 0 Å². The molecule has 2 heterocycles. The molecule has 0 atom stereocenters. The molecule has 0 spiro atoms. The normalized spacial score (nSPS) is 19.1. The van der Waals surface area contributed by atoms with Gasteiger partial charge in [0.25, 0.3) is 0 Å². The molecule has 1 saturated carbocycles. The van der Waals surface area contributed by atoms with Gasteiger partial charge in [-0.1, -0.05) is 43.2 Å². The first-order chi connectivity index (χ1) is 13.8. The van der Waals surface area contributed by atoms with Crippen LogP contribution in [0.25, 0.3) is 0 Å². The van der Waals surface area contributed by atoms with E-state index in [1.165, 1.54) is 24.8 Å². The summed E-state index contributed by atoms with van der Waals surface area (Å²) in [7, 11) is 0. The third kappa shape index (κ3) is 4.82. The summed E-state index contributed by atoms with van der Waals surface area (Å²) in [6.45, 7) is 3.37. The number of nitrogens with zero attached hydrogens (tertiary/aromatic N) is 3. The number of aryl methyl sites for hydroxylation is 1. The first-order valence-corrected chi connectivity index (χ1v) is 10.9. The zero-order valence-electron chi connectivity index (χ0n) is 16.7. The third-order valence-electron chi connectivity index (χ3n) is 6.33. The van der Waals surface area contributed by atoms with E-state index < -0.39 is 0 Å². The maximum absolute atomic E-state index is 12.5. The van der Waals surface area contributed by atoms with Crippen LogP contribution in [0.4, 0.5) is 5.82 Å². The van der Waals surface area contributed by atoms with Gasteiger partial charge in [0.2, 0.25) is 5.91 Å². The van der Waals surface area contributed by atoms with Crippen LogP contribution < -0.4 is 5.32 Å². The molecule has 150 valence electrons. The predicted octanol–water partition coefficient (Wildman–Crippen LogP) is 4.28. The molecular formula is C23H32N4O. The van der Waals surface area contributed by atoms with Gasteiger partial charge in [-0.2, -0.15) is 5.10 Å². The minimum absolute atomic E-state index is 0.178. The number of carbonyl (C=O) groups excluding carboxylic acids is 1. The molecule has 0 bridgehead atoms. The van der Waals surface area contributed by atoms with Crippen LogP contribution in [-0.2, 0) is 11.2 Å². The fourth-order valence-corrected chi connectivity index (χ4v) is 4.66. The topological polar surface area (TPSA) is 50.2 Å². The molecule has 5 nitrogen and oxygen atoms in total. The van der Waals surface area contributed by atoms with Crippen molar-refractivity contribution in [2.24, 2.45) is 5.92 Å². The number of benzene rings is 1. The Kier molecular flexibility index (Phi) is 6.42. The van der Waals surface area contributed by atoms with Crippen LogP contribution in [0.5, 0.6) is 0 Å². The first kappa shape index (κ1) is 19.2. The average molecular weight is 381 g/mol. The van der Waals surface area contributed by atoms with Crippen molar-refractivity contribution in [2.75, 3.05) is 25.0 Å². The number of amides is 1. The summed E-state index contributed by atoms with van der Waals surface area (Å²) in [5.74, 6) is 1.24. The molecule has 1 N–H and O–H groups in total. The van der Waals surface area contributed by atoms with Crippen LogP contribution in [-0.4, -0.2) is 40.2 Å². The number of nitrogens with one attached hydrogen (secondary N) is 1. The molecule has 2 fully saturated rings. The van der Waals surface area contributed by atoms with Crippen LogP contribution in [0.2, 0.25) is 0 Å². The number of rotatable bonds is 7. The van der Waals surface area contributed by atoms with Gasteiger partial charge in [-0.25, -0.2) is 4.68 Å². The van der Waals surface area contributed by atoms with E-state index in [1.807, 2.05) is 16.9 Å². The second-order valence-corrected chi connectivity index (χ2v) is 8.29.